The first kappa shape index (κ1) is 24.9. The van der Waals surface area contributed by atoms with Crippen LogP contribution in [0.15, 0.2) is 66.7 Å². The van der Waals surface area contributed by atoms with Crippen LogP contribution in [0.2, 0.25) is 0 Å². The van der Waals surface area contributed by atoms with E-state index in [1.165, 1.54) is 16.5 Å². The van der Waals surface area contributed by atoms with Crippen molar-refractivity contribution in [1.29, 1.82) is 0 Å². The zero-order chi connectivity index (χ0) is 26.0. The van der Waals surface area contributed by atoms with Gasteiger partial charge in [-0.25, -0.2) is 0 Å². The van der Waals surface area contributed by atoms with Crippen molar-refractivity contribution in [2.75, 3.05) is 16.8 Å². The fourth-order valence-corrected chi connectivity index (χ4v) is 4.10. The number of anilines is 2. The van der Waals surface area contributed by atoms with Crippen molar-refractivity contribution in [3.8, 4) is 11.5 Å². The quantitative estimate of drug-likeness (QED) is 0.340. The summed E-state index contributed by atoms with van der Waals surface area (Å²) >= 11 is 0. The molecule has 1 aliphatic rings. The molecule has 0 radical (unpaired) electrons. The Morgan fingerprint density at radius 2 is 1.64 bits per heavy atom. The molecule has 36 heavy (non-hydrogen) atoms. The second kappa shape index (κ2) is 9.81. The third kappa shape index (κ3) is 5.54. The maximum absolute atomic E-state index is 12.8. The molecule has 1 saturated heterocycles. The summed E-state index contributed by atoms with van der Waals surface area (Å²) in [6.07, 6.45) is 0.0409. The van der Waals surface area contributed by atoms with E-state index in [1.54, 1.807) is 43.3 Å². The highest BCUT2D eigenvalue weighted by Gasteiger charge is 2.35. The number of rotatable bonds is 6. The van der Waals surface area contributed by atoms with Crippen molar-refractivity contribution in [2.45, 2.75) is 39.5 Å². The lowest BCUT2D eigenvalue weighted by molar-refractivity contribution is -0.385. The zero-order valence-electron chi connectivity index (χ0n) is 20.8. The highest BCUT2D eigenvalue weighted by Crippen LogP contribution is 2.31. The fourth-order valence-electron chi connectivity index (χ4n) is 4.10. The van der Waals surface area contributed by atoms with Gasteiger partial charge in [-0.3, -0.25) is 19.7 Å². The third-order valence-corrected chi connectivity index (χ3v) is 6.27. The average molecular weight is 488 g/mol. The number of nitro benzene ring substituents is 1. The van der Waals surface area contributed by atoms with Crippen LogP contribution in [0, 0.1) is 23.0 Å². The summed E-state index contributed by atoms with van der Waals surface area (Å²) in [5.41, 5.74) is 2.76. The monoisotopic (exact) mass is 487 g/mol. The van der Waals surface area contributed by atoms with E-state index in [0.29, 0.717) is 22.7 Å². The lowest BCUT2D eigenvalue weighted by Gasteiger charge is -2.19. The largest absolute Gasteiger partial charge is 0.457 e. The molecule has 0 aromatic heterocycles. The maximum Gasteiger partial charge on any atom is 0.274 e. The molecule has 1 atom stereocenters. The van der Waals surface area contributed by atoms with Crippen LogP contribution >= 0.6 is 0 Å². The first-order chi connectivity index (χ1) is 17.0. The van der Waals surface area contributed by atoms with Crippen molar-refractivity contribution >= 4 is 28.9 Å². The van der Waals surface area contributed by atoms with E-state index in [0.717, 1.165) is 5.75 Å². The molecule has 3 aromatic rings. The van der Waals surface area contributed by atoms with Crippen LogP contribution in [0.4, 0.5) is 17.1 Å². The van der Waals surface area contributed by atoms with Crippen LogP contribution in [-0.2, 0) is 15.0 Å². The highest BCUT2D eigenvalue weighted by molar-refractivity contribution is 6.03. The van der Waals surface area contributed by atoms with Crippen LogP contribution in [-0.4, -0.2) is 23.3 Å². The molecule has 8 nitrogen and oxygen atoms in total. The molecule has 0 aliphatic carbocycles. The SMILES string of the molecule is Cc1ccc(N2C[C@@H](C(=O)Nc3ccc(Oc4ccc(C(C)(C)C)cc4)cc3)CC2=O)cc1[N+](=O)[O-]. The molecule has 1 aliphatic heterocycles. The summed E-state index contributed by atoms with van der Waals surface area (Å²) in [6, 6.07) is 19.6. The Balaban J connectivity index is 1.37. The molecule has 0 spiro atoms. The number of hydrogen-bond acceptors (Lipinski definition) is 5. The molecule has 186 valence electrons. The highest BCUT2D eigenvalue weighted by atomic mass is 16.6. The number of nitrogens with one attached hydrogen (secondary N) is 1. The summed E-state index contributed by atoms with van der Waals surface area (Å²) in [5, 5.41) is 14.1. The van der Waals surface area contributed by atoms with E-state index in [9.17, 15) is 19.7 Å². The molecule has 0 bridgehead atoms. The molecule has 1 heterocycles. The summed E-state index contributed by atoms with van der Waals surface area (Å²) in [5.74, 6) is 0.281. The Hall–Kier alpha value is -4.20. The van der Waals surface area contributed by atoms with Crippen LogP contribution in [0.3, 0.4) is 0 Å². The minimum atomic E-state index is -0.560. The predicted octanol–water partition coefficient (Wildman–Crippen LogP) is 5.98. The van der Waals surface area contributed by atoms with Gasteiger partial charge in [-0.15, -0.1) is 0 Å². The Labute approximate surface area is 210 Å². The number of carbonyl (C=O) groups excluding carboxylic acids is 2. The predicted molar refractivity (Wildman–Crippen MR) is 139 cm³/mol. The second-order valence-electron chi connectivity index (χ2n) is 10.0. The van der Waals surface area contributed by atoms with Crippen LogP contribution in [0.1, 0.15) is 38.3 Å². The van der Waals surface area contributed by atoms with Crippen LogP contribution in [0.5, 0.6) is 11.5 Å². The number of nitrogens with zero attached hydrogens (tertiary/aromatic N) is 2. The van der Waals surface area contributed by atoms with E-state index >= 15 is 0 Å². The van der Waals surface area contributed by atoms with Crippen molar-refractivity contribution in [1.82, 2.24) is 0 Å². The van der Waals surface area contributed by atoms with Gasteiger partial charge >= 0.3 is 0 Å². The smallest absolute Gasteiger partial charge is 0.274 e. The van der Waals surface area contributed by atoms with Gasteiger partial charge in [0.05, 0.1) is 16.5 Å². The minimum absolute atomic E-state index is 0.0409. The topological polar surface area (TPSA) is 102 Å². The molecule has 0 saturated carbocycles. The molecule has 8 heteroatoms. The Morgan fingerprint density at radius 3 is 2.22 bits per heavy atom. The number of ether oxygens (including phenoxy) is 1. The zero-order valence-corrected chi connectivity index (χ0v) is 20.8. The summed E-state index contributed by atoms with van der Waals surface area (Å²) in [6.45, 7) is 8.27. The summed E-state index contributed by atoms with van der Waals surface area (Å²) < 4.78 is 5.91. The first-order valence-electron chi connectivity index (χ1n) is 11.8. The van der Waals surface area contributed by atoms with E-state index in [1.807, 2.05) is 24.3 Å². The lowest BCUT2D eigenvalue weighted by Crippen LogP contribution is -2.28. The van der Waals surface area contributed by atoms with Gasteiger partial charge in [0.15, 0.2) is 0 Å². The van der Waals surface area contributed by atoms with Crippen LogP contribution in [0.25, 0.3) is 0 Å². The van der Waals surface area contributed by atoms with Gasteiger partial charge in [0.1, 0.15) is 11.5 Å². The number of nitro groups is 1. The van der Waals surface area contributed by atoms with Crippen molar-refractivity contribution in [3.05, 3.63) is 88.0 Å². The van der Waals surface area contributed by atoms with Gasteiger partial charge in [-0.05, 0) is 60.4 Å². The van der Waals surface area contributed by atoms with E-state index in [-0.39, 0.29) is 35.9 Å². The Morgan fingerprint density at radius 1 is 1.03 bits per heavy atom. The van der Waals surface area contributed by atoms with Gasteiger partial charge in [0.25, 0.3) is 5.69 Å². The van der Waals surface area contributed by atoms with Crippen molar-refractivity contribution < 1.29 is 19.2 Å². The van der Waals surface area contributed by atoms with Gasteiger partial charge in [0, 0.05) is 30.3 Å². The van der Waals surface area contributed by atoms with Crippen molar-refractivity contribution in [2.24, 2.45) is 5.92 Å². The standard InChI is InChI=1S/C28H29N3O5/c1-18-5-10-22(16-25(18)31(34)35)30-17-19(15-26(30)32)27(33)29-21-8-13-24(14-9-21)36-23-11-6-20(7-12-23)28(2,3)4/h5-14,16,19H,15,17H2,1-4H3,(H,29,33)/t19-/m0/s1. The molecule has 4 rings (SSSR count). The Kier molecular flexibility index (Phi) is 6.79. The lowest BCUT2D eigenvalue weighted by atomic mass is 9.87. The number of benzene rings is 3. The Bertz CT molecular complexity index is 1290. The van der Waals surface area contributed by atoms with Gasteiger partial charge in [-0.2, -0.15) is 0 Å². The first-order valence-corrected chi connectivity index (χ1v) is 11.8. The summed E-state index contributed by atoms with van der Waals surface area (Å²) in [4.78, 5) is 37.6. The molecule has 1 fully saturated rings. The van der Waals surface area contributed by atoms with Gasteiger partial charge < -0.3 is 15.0 Å². The van der Waals surface area contributed by atoms with E-state index in [4.69, 9.17) is 4.74 Å². The molecular formula is C28H29N3O5. The minimum Gasteiger partial charge on any atom is -0.457 e. The molecule has 2 amide bonds. The molecule has 3 aromatic carbocycles. The molecular weight excluding hydrogens is 458 g/mol. The van der Waals surface area contributed by atoms with Crippen LogP contribution < -0.4 is 15.0 Å². The molecule has 0 unspecified atom stereocenters. The summed E-state index contributed by atoms with van der Waals surface area (Å²) in [7, 11) is 0. The van der Waals surface area contributed by atoms with Gasteiger partial charge in [0.2, 0.25) is 11.8 Å². The number of amides is 2. The van der Waals surface area contributed by atoms with Gasteiger partial charge in [-0.1, -0.05) is 39.0 Å². The van der Waals surface area contributed by atoms with E-state index < -0.39 is 10.8 Å². The number of hydrogen-bond donors (Lipinski definition) is 1. The number of aryl methyl sites for hydroxylation is 1. The van der Waals surface area contributed by atoms with Crippen molar-refractivity contribution in [3.63, 3.8) is 0 Å². The third-order valence-electron chi connectivity index (χ3n) is 6.27. The fraction of sp³-hybridized carbons (Fsp3) is 0.286. The number of carbonyl (C=O) groups is 2. The normalized spacial score (nSPS) is 15.6. The molecule has 1 N–H and O–H groups in total. The second-order valence-corrected chi connectivity index (χ2v) is 10.0. The maximum atomic E-state index is 12.8. The van der Waals surface area contributed by atoms with E-state index in [2.05, 4.69) is 26.1 Å². The average Bonchev–Trinajstić information content (AvgIpc) is 3.22.